The van der Waals surface area contributed by atoms with Gasteiger partial charge in [-0.2, -0.15) is 0 Å². The average Bonchev–Trinajstić information content (AvgIpc) is 3.52. The van der Waals surface area contributed by atoms with Crippen molar-refractivity contribution in [3.63, 3.8) is 0 Å². The normalized spacial score (nSPS) is 12.3. The predicted octanol–water partition coefficient (Wildman–Crippen LogP) is 5.58. The van der Waals surface area contributed by atoms with Crippen molar-refractivity contribution in [2.75, 3.05) is 6.79 Å². The van der Waals surface area contributed by atoms with Crippen molar-refractivity contribution in [1.82, 2.24) is 19.7 Å². The number of thiazole rings is 1. The van der Waals surface area contributed by atoms with Gasteiger partial charge in [0.1, 0.15) is 5.01 Å². The molecule has 0 radical (unpaired) electrons. The van der Waals surface area contributed by atoms with E-state index in [1.54, 1.807) is 23.1 Å². The molecule has 0 spiro atoms. The van der Waals surface area contributed by atoms with Gasteiger partial charge in [0.25, 0.3) is 0 Å². The molecule has 0 unspecified atom stereocenters. The highest BCUT2D eigenvalue weighted by atomic mass is 32.2. The van der Waals surface area contributed by atoms with Crippen LogP contribution < -0.4 is 9.47 Å². The van der Waals surface area contributed by atoms with Gasteiger partial charge in [0, 0.05) is 28.8 Å². The molecule has 4 aromatic rings. The molecule has 8 heteroatoms. The molecular weight excluding hydrogens is 428 g/mol. The molecule has 0 bridgehead atoms. The summed E-state index contributed by atoms with van der Waals surface area (Å²) in [7, 11) is 0. The lowest BCUT2D eigenvalue weighted by Crippen LogP contribution is -2.00. The van der Waals surface area contributed by atoms with Crippen molar-refractivity contribution >= 4 is 23.1 Å². The smallest absolute Gasteiger partial charge is 0.231 e. The molecule has 0 atom stereocenters. The number of rotatable bonds is 7. The fraction of sp³-hybridized carbons (Fsp3) is 0.174. The maximum absolute atomic E-state index is 5.51. The summed E-state index contributed by atoms with van der Waals surface area (Å²) < 4.78 is 13.0. The molecular formula is C23H20N4O2S2. The largest absolute Gasteiger partial charge is 0.454 e. The van der Waals surface area contributed by atoms with Crippen molar-refractivity contribution in [1.29, 1.82) is 0 Å². The molecule has 2 aromatic carbocycles. The highest BCUT2D eigenvalue weighted by molar-refractivity contribution is 7.98. The molecule has 0 aliphatic carbocycles. The zero-order chi connectivity index (χ0) is 21.2. The first-order chi connectivity index (χ1) is 15.2. The lowest BCUT2D eigenvalue weighted by atomic mass is 10.1. The van der Waals surface area contributed by atoms with Crippen molar-refractivity contribution in [3.05, 3.63) is 71.8 Å². The molecule has 5 rings (SSSR count). The van der Waals surface area contributed by atoms with Crippen LogP contribution in [0.2, 0.25) is 0 Å². The van der Waals surface area contributed by atoms with Crippen LogP contribution in [0.4, 0.5) is 0 Å². The van der Waals surface area contributed by atoms with Crippen molar-refractivity contribution in [2.24, 2.45) is 0 Å². The van der Waals surface area contributed by atoms with Crippen molar-refractivity contribution < 1.29 is 9.47 Å². The number of nitrogens with zero attached hydrogens (tertiary/aromatic N) is 4. The predicted molar refractivity (Wildman–Crippen MR) is 124 cm³/mol. The standard InChI is InChI=1S/C23H20N4O2S2/c1-3-10-27-21(16-8-9-19-20(11-16)29-14-28-19)25-26-23(27)31-13-17-12-30-22(24-17)18-7-5-4-6-15(18)2/h3-9,11-12H,1,10,13-14H2,2H3. The topological polar surface area (TPSA) is 62.1 Å². The molecule has 2 aromatic heterocycles. The SMILES string of the molecule is C=CCn1c(SCc2csc(-c3ccccc3C)n2)nnc1-c1ccc2c(c1)OCO2. The van der Waals surface area contributed by atoms with Crippen LogP contribution in [0.3, 0.4) is 0 Å². The van der Waals surface area contributed by atoms with E-state index in [-0.39, 0.29) is 6.79 Å². The molecule has 1 aliphatic rings. The van der Waals surface area contributed by atoms with Gasteiger partial charge in [-0.15, -0.1) is 28.1 Å². The van der Waals surface area contributed by atoms with Gasteiger partial charge in [-0.05, 0) is 30.7 Å². The fourth-order valence-electron chi connectivity index (χ4n) is 3.39. The number of hydrogen-bond acceptors (Lipinski definition) is 7. The molecule has 0 amide bonds. The van der Waals surface area contributed by atoms with E-state index in [2.05, 4.69) is 45.8 Å². The summed E-state index contributed by atoms with van der Waals surface area (Å²) >= 11 is 3.29. The summed E-state index contributed by atoms with van der Waals surface area (Å²) in [4.78, 5) is 4.83. The van der Waals surface area contributed by atoms with Gasteiger partial charge in [0.05, 0.1) is 5.69 Å². The first kappa shape index (κ1) is 19.8. The Morgan fingerprint density at radius 3 is 2.90 bits per heavy atom. The number of benzene rings is 2. The maximum atomic E-state index is 5.51. The van der Waals surface area contributed by atoms with E-state index in [9.17, 15) is 0 Å². The van der Waals surface area contributed by atoms with Crippen LogP contribution >= 0.6 is 23.1 Å². The van der Waals surface area contributed by atoms with Gasteiger partial charge in [0.2, 0.25) is 6.79 Å². The van der Waals surface area contributed by atoms with Crippen LogP contribution in [0.25, 0.3) is 22.0 Å². The monoisotopic (exact) mass is 448 g/mol. The van der Waals surface area contributed by atoms with E-state index in [0.717, 1.165) is 44.5 Å². The highest BCUT2D eigenvalue weighted by Gasteiger charge is 2.19. The third kappa shape index (κ3) is 3.96. The molecule has 1 aliphatic heterocycles. The first-order valence-electron chi connectivity index (χ1n) is 9.80. The number of thioether (sulfide) groups is 1. The number of ether oxygens (including phenoxy) is 2. The van der Waals surface area contributed by atoms with Gasteiger partial charge in [-0.3, -0.25) is 4.57 Å². The Kier molecular flexibility index (Phi) is 5.48. The zero-order valence-electron chi connectivity index (χ0n) is 16.9. The second-order valence-corrected chi connectivity index (χ2v) is 8.82. The van der Waals surface area contributed by atoms with Gasteiger partial charge < -0.3 is 9.47 Å². The van der Waals surface area contributed by atoms with Crippen molar-refractivity contribution in [3.8, 4) is 33.5 Å². The Bertz CT molecular complexity index is 1250. The van der Waals surface area contributed by atoms with E-state index >= 15 is 0 Å². The second-order valence-electron chi connectivity index (χ2n) is 7.02. The Balaban J connectivity index is 1.37. The average molecular weight is 449 g/mol. The molecule has 156 valence electrons. The molecule has 0 fully saturated rings. The zero-order valence-corrected chi connectivity index (χ0v) is 18.6. The minimum atomic E-state index is 0.247. The lowest BCUT2D eigenvalue weighted by molar-refractivity contribution is 0.174. The lowest BCUT2D eigenvalue weighted by Gasteiger charge is -2.08. The summed E-state index contributed by atoms with van der Waals surface area (Å²) in [6.45, 7) is 6.87. The van der Waals surface area contributed by atoms with Crippen LogP contribution in [0.1, 0.15) is 11.3 Å². The number of allylic oxidation sites excluding steroid dienone is 1. The summed E-state index contributed by atoms with van der Waals surface area (Å²) in [5.74, 6) is 2.98. The molecule has 0 N–H and O–H groups in total. The van der Waals surface area contributed by atoms with Gasteiger partial charge in [-0.25, -0.2) is 4.98 Å². The minimum absolute atomic E-state index is 0.247. The van der Waals surface area contributed by atoms with E-state index in [0.29, 0.717) is 6.54 Å². The van der Waals surface area contributed by atoms with Crippen LogP contribution in [0, 0.1) is 6.92 Å². The summed E-state index contributed by atoms with van der Waals surface area (Å²) in [6, 6.07) is 14.1. The molecule has 0 saturated heterocycles. The van der Waals surface area contributed by atoms with Gasteiger partial charge in [0.15, 0.2) is 22.5 Å². The molecule has 3 heterocycles. The number of aromatic nitrogens is 4. The van der Waals surface area contributed by atoms with Crippen LogP contribution in [-0.4, -0.2) is 26.5 Å². The van der Waals surface area contributed by atoms with Crippen LogP contribution in [-0.2, 0) is 12.3 Å². The van der Waals surface area contributed by atoms with Crippen LogP contribution in [0.15, 0.2) is 65.7 Å². The number of hydrogen-bond donors (Lipinski definition) is 0. The Morgan fingerprint density at radius 2 is 2.03 bits per heavy atom. The third-order valence-corrected chi connectivity index (χ3v) is 6.86. The quantitative estimate of drug-likeness (QED) is 0.272. The molecule has 0 saturated carbocycles. The fourth-order valence-corrected chi connectivity index (χ4v) is 5.24. The van der Waals surface area contributed by atoms with Crippen LogP contribution in [0.5, 0.6) is 11.5 Å². The number of aryl methyl sites for hydroxylation is 1. The van der Waals surface area contributed by atoms with E-state index in [1.807, 2.05) is 36.4 Å². The minimum Gasteiger partial charge on any atom is -0.454 e. The van der Waals surface area contributed by atoms with Gasteiger partial charge >= 0.3 is 0 Å². The Morgan fingerprint density at radius 1 is 1.16 bits per heavy atom. The molecule has 6 nitrogen and oxygen atoms in total. The van der Waals surface area contributed by atoms with Crippen molar-refractivity contribution in [2.45, 2.75) is 24.4 Å². The second kappa shape index (κ2) is 8.56. The van der Waals surface area contributed by atoms with Gasteiger partial charge in [-0.1, -0.05) is 42.1 Å². The maximum Gasteiger partial charge on any atom is 0.231 e. The summed E-state index contributed by atoms with van der Waals surface area (Å²) in [5.41, 5.74) is 4.38. The van der Waals surface area contributed by atoms with E-state index < -0.39 is 0 Å². The summed E-state index contributed by atoms with van der Waals surface area (Å²) in [5, 5.41) is 12.9. The Labute approximate surface area is 188 Å². The third-order valence-electron chi connectivity index (χ3n) is 4.94. The highest BCUT2D eigenvalue weighted by Crippen LogP contribution is 2.36. The Hall–Kier alpha value is -3.10. The van der Waals surface area contributed by atoms with E-state index in [4.69, 9.17) is 14.5 Å². The first-order valence-corrected chi connectivity index (χ1v) is 11.7. The molecule has 31 heavy (non-hydrogen) atoms. The van der Waals surface area contributed by atoms with E-state index in [1.165, 1.54) is 11.1 Å². The number of fused-ring (bicyclic) bond motifs is 1. The summed E-state index contributed by atoms with van der Waals surface area (Å²) in [6.07, 6.45) is 1.85.